The van der Waals surface area contributed by atoms with Crippen molar-refractivity contribution in [2.45, 2.75) is 77.6 Å². The molecule has 0 aromatic heterocycles. The van der Waals surface area contributed by atoms with Gasteiger partial charge in [-0.3, -0.25) is 4.79 Å². The molecule has 0 heterocycles. The van der Waals surface area contributed by atoms with Crippen molar-refractivity contribution in [1.82, 2.24) is 5.32 Å². The molecule has 0 atom stereocenters. The summed E-state index contributed by atoms with van der Waals surface area (Å²) in [7, 11) is 1.71. The molecule has 3 heteroatoms. The quantitative estimate of drug-likeness (QED) is 0.548. The lowest BCUT2D eigenvalue weighted by atomic mass is 10.1. The molecule has 1 amide bonds. The highest BCUT2D eigenvalue weighted by molar-refractivity contribution is 5.85. The fourth-order valence-electron chi connectivity index (χ4n) is 1.90. The van der Waals surface area contributed by atoms with Crippen LogP contribution in [0.2, 0.25) is 0 Å². The number of hydrogen-bond acceptors (Lipinski definition) is 1. The van der Waals surface area contributed by atoms with Crippen LogP contribution < -0.4 is 5.32 Å². The Balaban J connectivity index is 0. The van der Waals surface area contributed by atoms with Gasteiger partial charge in [0, 0.05) is 13.5 Å². The molecule has 0 radical (unpaired) electrons. The Labute approximate surface area is 113 Å². The number of halogens is 1. The molecule has 0 aromatic rings. The van der Waals surface area contributed by atoms with Crippen molar-refractivity contribution in [1.29, 1.82) is 0 Å². The molecule has 0 aliphatic carbocycles. The molecule has 2 nitrogen and oxygen atoms in total. The van der Waals surface area contributed by atoms with Crippen LogP contribution in [0.1, 0.15) is 77.6 Å². The molecular weight excluding hydrogens is 234 g/mol. The molecule has 0 saturated heterocycles. The standard InChI is InChI=1S/C14H29NO.ClH/c1-3-4-5-6-7-8-9-10-11-12-13-14(16)15-2;/h3-13H2,1-2H3,(H,15,16);1H. The van der Waals surface area contributed by atoms with Gasteiger partial charge in [0.25, 0.3) is 0 Å². The molecule has 0 fully saturated rings. The minimum Gasteiger partial charge on any atom is -0.359 e. The number of carbonyl (C=O) groups excluding carboxylic acids is 1. The monoisotopic (exact) mass is 263 g/mol. The van der Waals surface area contributed by atoms with Crippen LogP contribution in [0.15, 0.2) is 0 Å². The van der Waals surface area contributed by atoms with E-state index in [2.05, 4.69) is 12.2 Å². The molecule has 1 N–H and O–H groups in total. The van der Waals surface area contributed by atoms with Crippen LogP contribution in [0, 0.1) is 0 Å². The molecule has 0 unspecified atom stereocenters. The number of carbonyl (C=O) groups is 1. The van der Waals surface area contributed by atoms with Gasteiger partial charge in [0.05, 0.1) is 0 Å². The normalized spacial score (nSPS) is 9.76. The second-order valence-electron chi connectivity index (χ2n) is 4.61. The molecule has 0 spiro atoms. The lowest BCUT2D eigenvalue weighted by molar-refractivity contribution is -0.120. The predicted molar refractivity (Wildman–Crippen MR) is 77.8 cm³/mol. The number of rotatable bonds is 11. The average Bonchev–Trinajstić information content (AvgIpc) is 2.31. The van der Waals surface area contributed by atoms with Gasteiger partial charge in [-0.1, -0.05) is 64.7 Å². The van der Waals surface area contributed by atoms with Gasteiger partial charge in [0.2, 0.25) is 5.91 Å². The van der Waals surface area contributed by atoms with Crippen molar-refractivity contribution in [3.63, 3.8) is 0 Å². The van der Waals surface area contributed by atoms with Crippen LogP contribution in [-0.4, -0.2) is 13.0 Å². The highest BCUT2D eigenvalue weighted by atomic mass is 35.5. The van der Waals surface area contributed by atoms with E-state index < -0.39 is 0 Å². The van der Waals surface area contributed by atoms with Crippen molar-refractivity contribution < 1.29 is 4.79 Å². The van der Waals surface area contributed by atoms with Gasteiger partial charge >= 0.3 is 0 Å². The molecule has 0 aromatic carbocycles. The Morgan fingerprint density at radius 3 is 1.65 bits per heavy atom. The van der Waals surface area contributed by atoms with Crippen molar-refractivity contribution >= 4 is 18.3 Å². The fraction of sp³-hybridized carbons (Fsp3) is 0.929. The Morgan fingerprint density at radius 1 is 0.824 bits per heavy atom. The van der Waals surface area contributed by atoms with E-state index in [4.69, 9.17) is 0 Å². The third-order valence-electron chi connectivity index (χ3n) is 3.04. The largest absolute Gasteiger partial charge is 0.359 e. The summed E-state index contributed by atoms with van der Waals surface area (Å²) >= 11 is 0. The zero-order valence-corrected chi connectivity index (χ0v) is 12.4. The van der Waals surface area contributed by atoms with Crippen molar-refractivity contribution in [2.24, 2.45) is 0 Å². The van der Waals surface area contributed by atoms with Crippen molar-refractivity contribution in [3.8, 4) is 0 Å². The molecule has 104 valence electrons. The summed E-state index contributed by atoms with van der Waals surface area (Å²) in [6, 6.07) is 0. The molecule has 0 aliphatic rings. The zero-order chi connectivity index (χ0) is 12.1. The van der Waals surface area contributed by atoms with E-state index in [9.17, 15) is 4.79 Å². The van der Waals surface area contributed by atoms with E-state index in [0.717, 1.165) is 6.42 Å². The van der Waals surface area contributed by atoms with Crippen LogP contribution in [0.5, 0.6) is 0 Å². The number of unbranched alkanes of at least 4 members (excludes halogenated alkanes) is 9. The topological polar surface area (TPSA) is 29.1 Å². The summed E-state index contributed by atoms with van der Waals surface area (Å²) in [4.78, 5) is 10.9. The zero-order valence-electron chi connectivity index (χ0n) is 11.6. The third-order valence-corrected chi connectivity index (χ3v) is 3.04. The molecule has 0 bridgehead atoms. The Morgan fingerprint density at radius 2 is 1.24 bits per heavy atom. The first-order valence-electron chi connectivity index (χ1n) is 7.01. The van der Waals surface area contributed by atoms with Gasteiger partial charge in [-0.25, -0.2) is 0 Å². The van der Waals surface area contributed by atoms with Crippen LogP contribution in [0.3, 0.4) is 0 Å². The van der Waals surface area contributed by atoms with Crippen molar-refractivity contribution in [3.05, 3.63) is 0 Å². The first kappa shape index (κ1) is 19.1. The van der Waals surface area contributed by atoms with E-state index in [0.29, 0.717) is 6.42 Å². The fourth-order valence-corrected chi connectivity index (χ4v) is 1.90. The Hall–Kier alpha value is -0.240. The maximum Gasteiger partial charge on any atom is 0.219 e. The van der Waals surface area contributed by atoms with Crippen LogP contribution >= 0.6 is 12.4 Å². The summed E-state index contributed by atoms with van der Waals surface area (Å²) in [6.07, 6.45) is 13.9. The van der Waals surface area contributed by atoms with Crippen LogP contribution in [-0.2, 0) is 4.79 Å². The molecule has 17 heavy (non-hydrogen) atoms. The second kappa shape index (κ2) is 15.8. The van der Waals surface area contributed by atoms with Gasteiger partial charge in [0.1, 0.15) is 0 Å². The average molecular weight is 264 g/mol. The van der Waals surface area contributed by atoms with E-state index >= 15 is 0 Å². The third kappa shape index (κ3) is 15.8. The van der Waals surface area contributed by atoms with E-state index in [1.54, 1.807) is 7.05 Å². The molecular formula is C14H30ClNO. The number of amides is 1. The first-order chi connectivity index (χ1) is 7.81. The number of nitrogens with one attached hydrogen (secondary N) is 1. The summed E-state index contributed by atoms with van der Waals surface area (Å²) in [5, 5.41) is 2.66. The van der Waals surface area contributed by atoms with Gasteiger partial charge in [-0.05, 0) is 6.42 Å². The van der Waals surface area contributed by atoms with Crippen LogP contribution in [0.4, 0.5) is 0 Å². The van der Waals surface area contributed by atoms with Gasteiger partial charge in [-0.15, -0.1) is 12.4 Å². The predicted octanol–water partition coefficient (Wildman–Crippen LogP) is 4.47. The summed E-state index contributed by atoms with van der Waals surface area (Å²) < 4.78 is 0. The highest BCUT2D eigenvalue weighted by Gasteiger charge is 1.97. The summed E-state index contributed by atoms with van der Waals surface area (Å²) in [5.74, 6) is 0.180. The maximum atomic E-state index is 10.9. The summed E-state index contributed by atoms with van der Waals surface area (Å²) in [6.45, 7) is 2.26. The Kier molecular flexibility index (Phi) is 17.7. The lowest BCUT2D eigenvalue weighted by Crippen LogP contribution is -2.16. The summed E-state index contributed by atoms with van der Waals surface area (Å²) in [5.41, 5.74) is 0. The lowest BCUT2D eigenvalue weighted by Gasteiger charge is -2.02. The Bertz CT molecular complexity index is 162. The SMILES string of the molecule is CCCCCCCCCCCCC(=O)NC.Cl. The first-order valence-corrected chi connectivity index (χ1v) is 7.01. The second-order valence-corrected chi connectivity index (χ2v) is 4.61. The van der Waals surface area contributed by atoms with Crippen molar-refractivity contribution in [2.75, 3.05) is 7.05 Å². The molecule has 0 saturated carbocycles. The minimum absolute atomic E-state index is 0. The van der Waals surface area contributed by atoms with Gasteiger partial charge in [0.15, 0.2) is 0 Å². The maximum absolute atomic E-state index is 10.9. The van der Waals surface area contributed by atoms with Gasteiger partial charge in [-0.2, -0.15) is 0 Å². The smallest absolute Gasteiger partial charge is 0.219 e. The van der Waals surface area contributed by atoms with Crippen LogP contribution in [0.25, 0.3) is 0 Å². The molecule has 0 rings (SSSR count). The van der Waals surface area contributed by atoms with E-state index in [1.165, 1.54) is 57.8 Å². The molecule has 0 aliphatic heterocycles. The highest BCUT2D eigenvalue weighted by Crippen LogP contribution is 2.11. The number of hydrogen-bond donors (Lipinski definition) is 1. The van der Waals surface area contributed by atoms with E-state index in [-0.39, 0.29) is 18.3 Å². The van der Waals surface area contributed by atoms with E-state index in [1.807, 2.05) is 0 Å². The minimum atomic E-state index is 0. The van der Waals surface area contributed by atoms with Gasteiger partial charge < -0.3 is 5.32 Å².